The third-order valence-electron chi connectivity index (χ3n) is 4.87. The number of rotatable bonds is 8. The van der Waals surface area contributed by atoms with E-state index in [-0.39, 0.29) is 30.5 Å². The number of carbonyl (C=O) groups excluding carboxylic acids is 3. The molecule has 0 aromatic heterocycles. The van der Waals surface area contributed by atoms with E-state index in [4.69, 9.17) is 15.2 Å². The summed E-state index contributed by atoms with van der Waals surface area (Å²) in [6.07, 6.45) is 0. The number of nitrogens with two attached hydrogens (primary N) is 1. The van der Waals surface area contributed by atoms with Crippen molar-refractivity contribution in [1.29, 1.82) is 0 Å². The molecule has 0 unspecified atom stereocenters. The predicted octanol–water partition coefficient (Wildman–Crippen LogP) is 1.19. The van der Waals surface area contributed by atoms with E-state index in [0.717, 1.165) is 0 Å². The van der Waals surface area contributed by atoms with Gasteiger partial charge in [-0.1, -0.05) is 18.2 Å². The minimum absolute atomic E-state index is 0.236. The van der Waals surface area contributed by atoms with Crippen molar-refractivity contribution >= 4 is 17.8 Å². The molecule has 1 aliphatic rings. The van der Waals surface area contributed by atoms with Crippen LogP contribution in [-0.4, -0.2) is 67.0 Å². The van der Waals surface area contributed by atoms with E-state index in [0.29, 0.717) is 44.0 Å². The highest BCUT2D eigenvalue weighted by atomic mass is 19.1. The fraction of sp³-hybridized carbons (Fsp3) is 0.318. The van der Waals surface area contributed by atoms with Crippen LogP contribution < -0.4 is 10.5 Å². The van der Waals surface area contributed by atoms with Crippen molar-refractivity contribution in [3.63, 3.8) is 0 Å². The Morgan fingerprint density at radius 2 is 1.61 bits per heavy atom. The van der Waals surface area contributed by atoms with Crippen LogP contribution in [0.25, 0.3) is 0 Å². The van der Waals surface area contributed by atoms with Crippen molar-refractivity contribution < 1.29 is 28.2 Å². The number of ether oxygens (including phenoxy) is 2. The molecular formula is C22H24FN3O5. The summed E-state index contributed by atoms with van der Waals surface area (Å²) in [7, 11) is 0. The quantitative estimate of drug-likeness (QED) is 0.633. The van der Waals surface area contributed by atoms with Crippen molar-refractivity contribution in [1.82, 2.24) is 9.80 Å². The number of nitrogens with zero attached hydrogens (tertiary/aromatic N) is 2. The Morgan fingerprint density at radius 1 is 0.935 bits per heavy atom. The Labute approximate surface area is 179 Å². The number of benzene rings is 2. The van der Waals surface area contributed by atoms with Gasteiger partial charge in [-0.25, -0.2) is 9.18 Å². The third kappa shape index (κ3) is 6.51. The lowest BCUT2D eigenvalue weighted by Crippen LogP contribution is -2.49. The molecule has 0 bridgehead atoms. The summed E-state index contributed by atoms with van der Waals surface area (Å²) in [5, 5.41) is 0. The largest absolute Gasteiger partial charge is 0.484 e. The lowest BCUT2D eigenvalue weighted by molar-refractivity contribution is -0.136. The van der Waals surface area contributed by atoms with Crippen LogP contribution >= 0.6 is 0 Å². The first kappa shape index (κ1) is 22.2. The van der Waals surface area contributed by atoms with Crippen LogP contribution in [0.3, 0.4) is 0 Å². The average Bonchev–Trinajstić information content (AvgIpc) is 2.78. The normalized spacial score (nSPS) is 14.2. The molecule has 8 nitrogen and oxygen atoms in total. The smallest absolute Gasteiger partial charge is 0.338 e. The predicted molar refractivity (Wildman–Crippen MR) is 110 cm³/mol. The van der Waals surface area contributed by atoms with E-state index in [1.54, 1.807) is 23.1 Å². The van der Waals surface area contributed by atoms with Gasteiger partial charge in [-0.2, -0.15) is 0 Å². The first-order chi connectivity index (χ1) is 14.9. The van der Waals surface area contributed by atoms with E-state index in [1.165, 1.54) is 30.3 Å². The third-order valence-corrected chi connectivity index (χ3v) is 4.87. The van der Waals surface area contributed by atoms with Crippen LogP contribution in [-0.2, 0) is 20.9 Å². The number of hydrogen-bond acceptors (Lipinski definition) is 6. The Hall–Kier alpha value is -3.46. The summed E-state index contributed by atoms with van der Waals surface area (Å²) in [5.41, 5.74) is 5.89. The zero-order valence-electron chi connectivity index (χ0n) is 17.0. The molecule has 2 aromatic rings. The van der Waals surface area contributed by atoms with Crippen LogP contribution in [0.5, 0.6) is 5.75 Å². The summed E-state index contributed by atoms with van der Waals surface area (Å²) in [4.78, 5) is 38.9. The van der Waals surface area contributed by atoms with Crippen molar-refractivity contribution in [2.24, 2.45) is 5.73 Å². The Kier molecular flexibility index (Phi) is 7.55. The lowest BCUT2D eigenvalue weighted by atomic mass is 10.2. The summed E-state index contributed by atoms with van der Waals surface area (Å²) in [6.45, 7) is 2.07. The summed E-state index contributed by atoms with van der Waals surface area (Å²) in [6, 6.07) is 12.6. The summed E-state index contributed by atoms with van der Waals surface area (Å²) in [5.74, 6) is -1.36. The van der Waals surface area contributed by atoms with E-state index in [1.807, 2.05) is 0 Å². The van der Waals surface area contributed by atoms with Crippen molar-refractivity contribution in [3.8, 4) is 5.75 Å². The topological polar surface area (TPSA) is 102 Å². The minimum atomic E-state index is -0.631. The number of hydrogen-bond donors (Lipinski definition) is 1. The van der Waals surface area contributed by atoms with Gasteiger partial charge in [0.2, 0.25) is 0 Å². The summed E-state index contributed by atoms with van der Waals surface area (Å²) >= 11 is 0. The van der Waals surface area contributed by atoms with E-state index >= 15 is 0 Å². The number of amides is 2. The standard InChI is InChI=1S/C22H24FN3O5/c23-19-4-2-1-3-17(19)13-25-9-11-26(12-10-25)21(28)15-31-22(29)16-5-7-18(8-6-16)30-14-20(24)27/h1-8H,9-15H2,(H2,24,27). The molecule has 2 N–H and O–H groups in total. The van der Waals surface area contributed by atoms with E-state index < -0.39 is 11.9 Å². The maximum atomic E-state index is 13.8. The number of halogens is 1. The lowest BCUT2D eigenvalue weighted by Gasteiger charge is -2.34. The van der Waals surface area contributed by atoms with Gasteiger partial charge in [-0.05, 0) is 30.3 Å². The van der Waals surface area contributed by atoms with Gasteiger partial charge >= 0.3 is 5.97 Å². The van der Waals surface area contributed by atoms with E-state index in [2.05, 4.69) is 4.90 Å². The second kappa shape index (κ2) is 10.5. The average molecular weight is 429 g/mol. The molecule has 2 amide bonds. The molecule has 0 aliphatic carbocycles. The van der Waals surface area contributed by atoms with Crippen LogP contribution in [0.4, 0.5) is 4.39 Å². The van der Waals surface area contributed by atoms with Crippen molar-refractivity contribution in [3.05, 3.63) is 65.5 Å². The number of piperazine rings is 1. The first-order valence-electron chi connectivity index (χ1n) is 9.84. The first-order valence-corrected chi connectivity index (χ1v) is 9.84. The van der Waals surface area contributed by atoms with Gasteiger partial charge < -0.3 is 20.1 Å². The van der Waals surface area contributed by atoms with Gasteiger partial charge in [0.25, 0.3) is 11.8 Å². The molecule has 1 heterocycles. The summed E-state index contributed by atoms with van der Waals surface area (Å²) < 4.78 is 24.0. The highest BCUT2D eigenvalue weighted by Gasteiger charge is 2.22. The van der Waals surface area contributed by atoms with Gasteiger partial charge in [0.1, 0.15) is 11.6 Å². The monoisotopic (exact) mass is 429 g/mol. The van der Waals surface area contributed by atoms with Crippen molar-refractivity contribution in [2.75, 3.05) is 39.4 Å². The second-order valence-electron chi connectivity index (χ2n) is 7.10. The Bertz CT molecular complexity index is 927. The number of carbonyl (C=O) groups is 3. The molecule has 1 aliphatic heterocycles. The van der Waals surface area contributed by atoms with Gasteiger partial charge in [-0.15, -0.1) is 0 Å². The molecule has 0 atom stereocenters. The fourth-order valence-corrected chi connectivity index (χ4v) is 3.17. The Balaban J connectivity index is 1.41. The van der Waals surface area contributed by atoms with Gasteiger partial charge in [0.15, 0.2) is 13.2 Å². The zero-order valence-corrected chi connectivity index (χ0v) is 17.0. The minimum Gasteiger partial charge on any atom is -0.484 e. The van der Waals surface area contributed by atoms with Gasteiger partial charge in [0.05, 0.1) is 5.56 Å². The zero-order chi connectivity index (χ0) is 22.2. The van der Waals surface area contributed by atoms with E-state index in [9.17, 15) is 18.8 Å². The van der Waals surface area contributed by atoms with Crippen LogP contribution in [0, 0.1) is 5.82 Å². The molecule has 2 aromatic carbocycles. The fourth-order valence-electron chi connectivity index (χ4n) is 3.17. The number of esters is 1. The Morgan fingerprint density at radius 3 is 2.26 bits per heavy atom. The molecule has 0 radical (unpaired) electrons. The maximum Gasteiger partial charge on any atom is 0.338 e. The molecule has 1 saturated heterocycles. The molecule has 1 fully saturated rings. The molecule has 0 saturated carbocycles. The van der Waals surface area contributed by atoms with Crippen LogP contribution in [0.1, 0.15) is 15.9 Å². The molecule has 3 rings (SSSR count). The van der Waals surface area contributed by atoms with Gasteiger partial charge in [0, 0.05) is 38.3 Å². The highest BCUT2D eigenvalue weighted by Crippen LogP contribution is 2.14. The van der Waals surface area contributed by atoms with Crippen LogP contribution in [0.2, 0.25) is 0 Å². The molecule has 31 heavy (non-hydrogen) atoms. The van der Waals surface area contributed by atoms with Crippen LogP contribution in [0.15, 0.2) is 48.5 Å². The van der Waals surface area contributed by atoms with Crippen molar-refractivity contribution in [2.45, 2.75) is 6.54 Å². The molecule has 9 heteroatoms. The molecule has 0 spiro atoms. The molecular weight excluding hydrogens is 405 g/mol. The second-order valence-corrected chi connectivity index (χ2v) is 7.10. The van der Waals surface area contributed by atoms with Gasteiger partial charge in [-0.3, -0.25) is 14.5 Å². The highest BCUT2D eigenvalue weighted by molar-refractivity contribution is 5.91. The maximum absolute atomic E-state index is 13.8. The molecule has 164 valence electrons. The number of primary amides is 1. The SMILES string of the molecule is NC(=O)COc1ccc(C(=O)OCC(=O)N2CCN(Cc3ccccc3F)CC2)cc1.